The maximum Gasteiger partial charge on any atom is 0.252 e. The molecule has 0 unspecified atom stereocenters. The summed E-state index contributed by atoms with van der Waals surface area (Å²) in [7, 11) is 0. The highest BCUT2D eigenvalue weighted by Crippen LogP contribution is 2.12. The molecule has 0 atom stereocenters. The second-order valence-electron chi connectivity index (χ2n) is 3.63. The Morgan fingerprint density at radius 3 is 2.78 bits per heavy atom. The van der Waals surface area contributed by atoms with Gasteiger partial charge >= 0.3 is 0 Å². The van der Waals surface area contributed by atoms with Crippen molar-refractivity contribution in [3.8, 4) is 0 Å². The molecule has 1 N–H and O–H groups in total. The van der Waals surface area contributed by atoms with Crippen molar-refractivity contribution >= 4 is 18.5 Å². The fourth-order valence-electron chi connectivity index (χ4n) is 1.47. The minimum atomic E-state index is -0.433. The second-order valence-corrected chi connectivity index (χ2v) is 4.11. The normalized spacial score (nSPS) is 10.1. The van der Waals surface area contributed by atoms with Crippen LogP contribution in [0.4, 0.5) is 4.39 Å². The van der Waals surface area contributed by atoms with E-state index in [0.717, 1.165) is 0 Å². The third kappa shape index (κ3) is 2.87. The summed E-state index contributed by atoms with van der Waals surface area (Å²) in [5.41, 5.74) is 0.666. The van der Waals surface area contributed by atoms with Gasteiger partial charge in [0.15, 0.2) is 0 Å². The van der Waals surface area contributed by atoms with E-state index in [1.807, 2.05) is 0 Å². The average molecular weight is 262 g/mol. The zero-order chi connectivity index (χ0) is 13.0. The summed E-state index contributed by atoms with van der Waals surface area (Å²) < 4.78 is 13.3. The molecular formula is C13H11FN2OS. The highest BCUT2D eigenvalue weighted by Gasteiger charge is 2.09. The number of amides is 1. The van der Waals surface area contributed by atoms with Gasteiger partial charge in [0.2, 0.25) is 0 Å². The molecule has 0 spiro atoms. The predicted molar refractivity (Wildman–Crippen MR) is 69.1 cm³/mol. The lowest BCUT2D eigenvalue weighted by Gasteiger charge is -2.07. The zero-order valence-electron chi connectivity index (χ0n) is 9.43. The Morgan fingerprint density at radius 1 is 1.28 bits per heavy atom. The molecule has 0 radical (unpaired) electrons. The standard InChI is InChI=1S/C13H11FN2OS/c14-10-5-3-7-15-11(10)8-16-13(17)9-4-1-2-6-12(9)18/h1-7,18H,8H2,(H,16,17). The molecule has 1 aromatic heterocycles. The van der Waals surface area contributed by atoms with Crippen molar-refractivity contribution in [1.29, 1.82) is 0 Å². The molecule has 18 heavy (non-hydrogen) atoms. The highest BCUT2D eigenvalue weighted by molar-refractivity contribution is 7.80. The fraction of sp³-hybridized carbons (Fsp3) is 0.0769. The van der Waals surface area contributed by atoms with Gasteiger partial charge in [0.25, 0.3) is 5.91 Å². The Labute approximate surface area is 109 Å². The minimum absolute atomic E-state index is 0.0492. The van der Waals surface area contributed by atoms with Crippen LogP contribution in [0.5, 0.6) is 0 Å². The Balaban J connectivity index is 2.06. The summed E-state index contributed by atoms with van der Waals surface area (Å²) in [5.74, 6) is -0.734. The van der Waals surface area contributed by atoms with Gasteiger partial charge < -0.3 is 5.32 Å². The van der Waals surface area contributed by atoms with Gasteiger partial charge in [-0.05, 0) is 24.3 Å². The van der Waals surface area contributed by atoms with Gasteiger partial charge in [0.1, 0.15) is 5.82 Å². The number of thiol groups is 1. The van der Waals surface area contributed by atoms with E-state index in [2.05, 4.69) is 22.9 Å². The van der Waals surface area contributed by atoms with Crippen LogP contribution in [0.3, 0.4) is 0 Å². The molecule has 2 aromatic rings. The van der Waals surface area contributed by atoms with Crippen LogP contribution < -0.4 is 5.32 Å². The lowest BCUT2D eigenvalue weighted by Crippen LogP contribution is -2.24. The van der Waals surface area contributed by atoms with Crippen LogP contribution in [0.1, 0.15) is 16.1 Å². The Morgan fingerprint density at radius 2 is 2.06 bits per heavy atom. The molecule has 1 aromatic carbocycles. The monoisotopic (exact) mass is 262 g/mol. The van der Waals surface area contributed by atoms with E-state index in [0.29, 0.717) is 10.5 Å². The number of nitrogens with one attached hydrogen (secondary N) is 1. The summed E-state index contributed by atoms with van der Waals surface area (Å²) in [6.07, 6.45) is 1.48. The minimum Gasteiger partial charge on any atom is -0.346 e. The van der Waals surface area contributed by atoms with Crippen molar-refractivity contribution in [3.63, 3.8) is 0 Å². The number of nitrogens with zero attached hydrogens (tertiary/aromatic N) is 1. The number of benzene rings is 1. The average Bonchev–Trinajstić information content (AvgIpc) is 2.38. The Kier molecular flexibility index (Phi) is 3.94. The summed E-state index contributed by atoms with van der Waals surface area (Å²) >= 11 is 4.19. The summed E-state index contributed by atoms with van der Waals surface area (Å²) in [6.45, 7) is 0.0492. The molecule has 0 saturated heterocycles. The Hall–Kier alpha value is -1.88. The molecule has 0 aliphatic rings. The van der Waals surface area contributed by atoms with Crippen LogP contribution >= 0.6 is 12.6 Å². The maximum absolute atomic E-state index is 13.3. The fourth-order valence-corrected chi connectivity index (χ4v) is 1.74. The first kappa shape index (κ1) is 12.6. The van der Waals surface area contributed by atoms with Gasteiger partial charge in [0, 0.05) is 11.1 Å². The van der Waals surface area contributed by atoms with E-state index in [-0.39, 0.29) is 18.1 Å². The molecule has 0 bridgehead atoms. The van der Waals surface area contributed by atoms with Crippen LogP contribution in [0.15, 0.2) is 47.5 Å². The van der Waals surface area contributed by atoms with Crippen LogP contribution in [0, 0.1) is 5.82 Å². The lowest BCUT2D eigenvalue weighted by molar-refractivity contribution is 0.0947. The van der Waals surface area contributed by atoms with E-state index >= 15 is 0 Å². The van der Waals surface area contributed by atoms with Crippen molar-refractivity contribution in [2.45, 2.75) is 11.4 Å². The second kappa shape index (κ2) is 5.64. The Bertz CT molecular complexity index is 574. The number of hydrogen-bond acceptors (Lipinski definition) is 3. The van der Waals surface area contributed by atoms with Gasteiger partial charge in [-0.25, -0.2) is 4.39 Å². The molecule has 1 amide bonds. The molecule has 2 rings (SSSR count). The van der Waals surface area contributed by atoms with Crippen LogP contribution in [-0.4, -0.2) is 10.9 Å². The van der Waals surface area contributed by atoms with Crippen molar-refractivity contribution in [2.75, 3.05) is 0 Å². The third-order valence-electron chi connectivity index (χ3n) is 2.40. The van der Waals surface area contributed by atoms with Gasteiger partial charge in [-0.2, -0.15) is 0 Å². The smallest absolute Gasteiger partial charge is 0.252 e. The number of carbonyl (C=O) groups is 1. The highest BCUT2D eigenvalue weighted by atomic mass is 32.1. The molecule has 0 fully saturated rings. The van der Waals surface area contributed by atoms with Gasteiger partial charge in [-0.3, -0.25) is 9.78 Å². The zero-order valence-corrected chi connectivity index (χ0v) is 10.3. The number of carbonyl (C=O) groups excluding carboxylic acids is 1. The summed E-state index contributed by atoms with van der Waals surface area (Å²) in [6, 6.07) is 9.73. The predicted octanol–water partition coefficient (Wildman–Crippen LogP) is 2.44. The molecule has 3 nitrogen and oxygen atoms in total. The first-order chi connectivity index (χ1) is 8.68. The first-order valence-electron chi connectivity index (χ1n) is 5.34. The number of aromatic nitrogens is 1. The first-order valence-corrected chi connectivity index (χ1v) is 5.79. The number of halogens is 1. The number of pyridine rings is 1. The molecular weight excluding hydrogens is 251 g/mol. The number of rotatable bonds is 3. The largest absolute Gasteiger partial charge is 0.346 e. The van der Waals surface area contributed by atoms with Crippen molar-refractivity contribution in [3.05, 3.63) is 59.7 Å². The van der Waals surface area contributed by atoms with E-state index < -0.39 is 5.82 Å². The molecule has 0 aliphatic carbocycles. The van der Waals surface area contributed by atoms with Crippen molar-refractivity contribution < 1.29 is 9.18 Å². The lowest BCUT2D eigenvalue weighted by atomic mass is 10.2. The van der Waals surface area contributed by atoms with Crippen LogP contribution in [0.2, 0.25) is 0 Å². The van der Waals surface area contributed by atoms with E-state index in [4.69, 9.17) is 0 Å². The summed E-state index contributed by atoms with van der Waals surface area (Å²) in [5, 5.41) is 2.61. The SMILES string of the molecule is O=C(NCc1ncccc1F)c1ccccc1S. The van der Waals surface area contributed by atoms with E-state index in [1.165, 1.54) is 18.3 Å². The summed E-state index contributed by atoms with van der Waals surface area (Å²) in [4.78, 5) is 16.3. The molecule has 1 heterocycles. The van der Waals surface area contributed by atoms with Crippen LogP contribution in [-0.2, 0) is 6.54 Å². The molecule has 92 valence electrons. The molecule has 5 heteroatoms. The quantitative estimate of drug-likeness (QED) is 0.834. The van der Waals surface area contributed by atoms with E-state index in [9.17, 15) is 9.18 Å². The molecule has 0 aliphatic heterocycles. The van der Waals surface area contributed by atoms with Crippen LogP contribution in [0.25, 0.3) is 0 Å². The van der Waals surface area contributed by atoms with Crippen molar-refractivity contribution in [1.82, 2.24) is 10.3 Å². The molecule has 0 saturated carbocycles. The van der Waals surface area contributed by atoms with E-state index in [1.54, 1.807) is 24.3 Å². The van der Waals surface area contributed by atoms with Gasteiger partial charge in [-0.1, -0.05) is 12.1 Å². The van der Waals surface area contributed by atoms with Crippen molar-refractivity contribution in [2.24, 2.45) is 0 Å². The van der Waals surface area contributed by atoms with Gasteiger partial charge in [-0.15, -0.1) is 12.6 Å². The maximum atomic E-state index is 13.3. The number of hydrogen-bond donors (Lipinski definition) is 2. The topological polar surface area (TPSA) is 42.0 Å². The van der Waals surface area contributed by atoms with Gasteiger partial charge in [0.05, 0.1) is 17.8 Å². The third-order valence-corrected chi connectivity index (χ3v) is 2.79.